The van der Waals surface area contributed by atoms with E-state index in [1.165, 1.54) is 0 Å². The molecule has 0 spiro atoms. The van der Waals surface area contributed by atoms with E-state index >= 15 is 0 Å². The largest absolute Gasteiger partial charge is 0.375 e. The van der Waals surface area contributed by atoms with Crippen LogP contribution in [0.3, 0.4) is 0 Å². The third-order valence-corrected chi connectivity index (χ3v) is 2.48. The lowest BCUT2D eigenvalue weighted by Gasteiger charge is -2.21. The zero-order valence-electron chi connectivity index (χ0n) is 9.57. The molecule has 0 N–H and O–H groups in total. The highest BCUT2D eigenvalue weighted by Crippen LogP contribution is 2.27. The standard InChI is InChI=1S/C11H16F2N2O2/c12-10(13)8-17-7-4-11(16)15(6-1-5-14)9-2-3-9/h9-10H,1-4,6-8H2. The third kappa shape index (κ3) is 5.59. The van der Waals surface area contributed by atoms with Gasteiger partial charge in [0.25, 0.3) is 6.43 Å². The van der Waals surface area contributed by atoms with Gasteiger partial charge in [-0.2, -0.15) is 5.26 Å². The number of nitriles is 1. The molecule has 1 aliphatic rings. The molecule has 1 aliphatic carbocycles. The van der Waals surface area contributed by atoms with Gasteiger partial charge in [0, 0.05) is 12.6 Å². The van der Waals surface area contributed by atoms with Gasteiger partial charge in [0.05, 0.1) is 25.5 Å². The molecule has 0 aromatic carbocycles. The maximum atomic E-state index is 11.8. The van der Waals surface area contributed by atoms with Crippen molar-refractivity contribution < 1.29 is 18.3 Å². The highest BCUT2D eigenvalue weighted by atomic mass is 19.3. The van der Waals surface area contributed by atoms with Gasteiger partial charge < -0.3 is 9.64 Å². The summed E-state index contributed by atoms with van der Waals surface area (Å²) in [5, 5.41) is 8.48. The maximum absolute atomic E-state index is 11.8. The quantitative estimate of drug-likeness (QED) is 0.611. The molecule has 1 rings (SSSR count). The number of hydrogen-bond acceptors (Lipinski definition) is 3. The number of hydrogen-bond donors (Lipinski definition) is 0. The summed E-state index contributed by atoms with van der Waals surface area (Å²) in [5.74, 6) is -0.114. The molecule has 0 aliphatic heterocycles. The first kappa shape index (κ1) is 13.8. The average Bonchev–Trinajstić information content (AvgIpc) is 3.09. The second-order valence-electron chi connectivity index (χ2n) is 3.94. The van der Waals surface area contributed by atoms with E-state index in [0.717, 1.165) is 12.8 Å². The molecule has 1 amide bonds. The molecule has 0 aromatic heterocycles. The molecule has 6 heteroatoms. The van der Waals surface area contributed by atoms with E-state index in [1.807, 2.05) is 6.07 Å². The Morgan fingerprint density at radius 3 is 2.76 bits per heavy atom. The van der Waals surface area contributed by atoms with Crippen LogP contribution in [0.5, 0.6) is 0 Å². The van der Waals surface area contributed by atoms with Crippen molar-refractivity contribution in [3.8, 4) is 6.07 Å². The van der Waals surface area contributed by atoms with Crippen LogP contribution in [0.15, 0.2) is 0 Å². The van der Waals surface area contributed by atoms with Gasteiger partial charge in [-0.1, -0.05) is 0 Å². The zero-order valence-corrected chi connectivity index (χ0v) is 9.57. The van der Waals surface area contributed by atoms with Crippen LogP contribution in [0.1, 0.15) is 25.7 Å². The van der Waals surface area contributed by atoms with Crippen molar-refractivity contribution >= 4 is 5.91 Å². The van der Waals surface area contributed by atoms with Gasteiger partial charge in [0.2, 0.25) is 5.91 Å². The van der Waals surface area contributed by atoms with Gasteiger partial charge in [0.15, 0.2) is 0 Å². The number of alkyl halides is 2. The van der Waals surface area contributed by atoms with Crippen LogP contribution in [0.4, 0.5) is 8.78 Å². The summed E-state index contributed by atoms with van der Waals surface area (Å²) in [5.41, 5.74) is 0. The Morgan fingerprint density at radius 2 is 2.24 bits per heavy atom. The van der Waals surface area contributed by atoms with Gasteiger partial charge in [-0.3, -0.25) is 4.79 Å². The summed E-state index contributed by atoms with van der Waals surface area (Å²) in [6.45, 7) is -0.192. The number of carbonyl (C=O) groups is 1. The third-order valence-electron chi connectivity index (χ3n) is 2.48. The number of nitrogens with zero attached hydrogens (tertiary/aromatic N) is 2. The molecule has 0 saturated heterocycles. The molecular weight excluding hydrogens is 230 g/mol. The Labute approximate surface area is 99.1 Å². The highest BCUT2D eigenvalue weighted by Gasteiger charge is 2.31. The van der Waals surface area contributed by atoms with Crippen LogP contribution in [0, 0.1) is 11.3 Å². The van der Waals surface area contributed by atoms with Gasteiger partial charge in [-0.15, -0.1) is 0 Å². The van der Waals surface area contributed by atoms with E-state index in [0.29, 0.717) is 13.0 Å². The molecule has 0 unspecified atom stereocenters. The van der Waals surface area contributed by atoms with Crippen LogP contribution in [-0.4, -0.2) is 43.0 Å². The number of ether oxygens (including phenoxy) is 1. The minimum absolute atomic E-state index is 0.0128. The van der Waals surface area contributed by atoms with Crippen molar-refractivity contribution in [1.29, 1.82) is 5.26 Å². The van der Waals surface area contributed by atoms with Crippen LogP contribution in [0.25, 0.3) is 0 Å². The minimum atomic E-state index is -2.50. The Hall–Kier alpha value is -1.22. The van der Waals surface area contributed by atoms with Crippen molar-refractivity contribution in [2.45, 2.75) is 38.2 Å². The van der Waals surface area contributed by atoms with Crippen molar-refractivity contribution in [2.24, 2.45) is 0 Å². The van der Waals surface area contributed by atoms with Crippen molar-refractivity contribution in [3.05, 3.63) is 0 Å². The molecule has 17 heavy (non-hydrogen) atoms. The smallest absolute Gasteiger partial charge is 0.261 e. The van der Waals surface area contributed by atoms with Crippen molar-refractivity contribution in [2.75, 3.05) is 19.8 Å². The van der Waals surface area contributed by atoms with Crippen LogP contribution in [0.2, 0.25) is 0 Å². The summed E-state index contributed by atoms with van der Waals surface area (Å²) < 4.78 is 28.2. The van der Waals surface area contributed by atoms with Gasteiger partial charge in [-0.25, -0.2) is 8.78 Å². The van der Waals surface area contributed by atoms with E-state index in [9.17, 15) is 13.6 Å². The molecule has 4 nitrogen and oxygen atoms in total. The van der Waals surface area contributed by atoms with E-state index in [-0.39, 0.29) is 25.0 Å². The fraction of sp³-hybridized carbons (Fsp3) is 0.818. The molecule has 0 aromatic rings. The summed E-state index contributed by atoms with van der Waals surface area (Å²) >= 11 is 0. The Bertz CT molecular complexity index is 288. The SMILES string of the molecule is N#CCCN(C(=O)CCOCC(F)F)C1CC1. The second-order valence-corrected chi connectivity index (χ2v) is 3.94. The summed E-state index contributed by atoms with van der Waals surface area (Å²) in [7, 11) is 0. The fourth-order valence-corrected chi connectivity index (χ4v) is 1.54. The monoisotopic (exact) mass is 246 g/mol. The lowest BCUT2D eigenvalue weighted by molar-refractivity contribution is -0.133. The fourth-order valence-electron chi connectivity index (χ4n) is 1.54. The summed E-state index contributed by atoms with van der Waals surface area (Å²) in [6, 6.07) is 2.24. The summed E-state index contributed by atoms with van der Waals surface area (Å²) in [6.07, 6.45) is -0.151. The Balaban J connectivity index is 2.21. The Morgan fingerprint density at radius 1 is 1.53 bits per heavy atom. The Kier molecular flexibility index (Phi) is 5.84. The van der Waals surface area contributed by atoms with E-state index in [2.05, 4.69) is 4.74 Å². The molecule has 0 atom stereocenters. The molecule has 0 bridgehead atoms. The number of amides is 1. The maximum Gasteiger partial charge on any atom is 0.261 e. The lowest BCUT2D eigenvalue weighted by Crippen LogP contribution is -2.34. The minimum Gasteiger partial charge on any atom is -0.375 e. The molecule has 1 fully saturated rings. The van der Waals surface area contributed by atoms with E-state index < -0.39 is 13.0 Å². The van der Waals surface area contributed by atoms with Crippen LogP contribution >= 0.6 is 0 Å². The van der Waals surface area contributed by atoms with E-state index in [1.54, 1.807) is 4.90 Å². The molecule has 0 radical (unpaired) electrons. The van der Waals surface area contributed by atoms with Crippen molar-refractivity contribution in [1.82, 2.24) is 4.90 Å². The molecule has 1 saturated carbocycles. The van der Waals surface area contributed by atoms with Gasteiger partial charge in [0.1, 0.15) is 6.61 Å². The highest BCUT2D eigenvalue weighted by molar-refractivity contribution is 5.77. The van der Waals surface area contributed by atoms with Crippen LogP contribution in [-0.2, 0) is 9.53 Å². The number of rotatable bonds is 8. The average molecular weight is 246 g/mol. The number of carbonyl (C=O) groups excluding carboxylic acids is 1. The van der Waals surface area contributed by atoms with Gasteiger partial charge in [-0.05, 0) is 12.8 Å². The first-order valence-corrected chi connectivity index (χ1v) is 5.67. The van der Waals surface area contributed by atoms with Crippen molar-refractivity contribution in [3.63, 3.8) is 0 Å². The normalized spacial score (nSPS) is 14.7. The number of halogens is 2. The summed E-state index contributed by atoms with van der Waals surface area (Å²) in [4.78, 5) is 13.4. The first-order chi connectivity index (χ1) is 8.15. The molecular formula is C11H16F2N2O2. The molecule has 96 valence electrons. The molecule has 0 heterocycles. The predicted octanol–water partition coefficient (Wildman–Crippen LogP) is 1.56. The van der Waals surface area contributed by atoms with Crippen LogP contribution < -0.4 is 0 Å². The zero-order chi connectivity index (χ0) is 12.7. The topological polar surface area (TPSA) is 53.3 Å². The van der Waals surface area contributed by atoms with E-state index in [4.69, 9.17) is 5.26 Å². The first-order valence-electron chi connectivity index (χ1n) is 5.67. The second kappa shape index (κ2) is 7.17. The predicted molar refractivity (Wildman–Crippen MR) is 56.4 cm³/mol. The lowest BCUT2D eigenvalue weighted by atomic mass is 10.3. The van der Waals surface area contributed by atoms with Gasteiger partial charge >= 0.3 is 0 Å².